The predicted octanol–water partition coefficient (Wildman–Crippen LogP) is 0.686. The number of benzene rings is 1. The van der Waals surface area contributed by atoms with E-state index in [-0.39, 0.29) is 23.8 Å². The second kappa shape index (κ2) is 11.8. The van der Waals surface area contributed by atoms with Crippen molar-refractivity contribution in [3.63, 3.8) is 0 Å². The Morgan fingerprint density at radius 1 is 1.11 bits per heavy atom. The fraction of sp³-hybridized carbons (Fsp3) is 0.611. The molecule has 0 bridgehead atoms. The summed E-state index contributed by atoms with van der Waals surface area (Å²) in [4.78, 5) is 11.9. The van der Waals surface area contributed by atoms with Crippen molar-refractivity contribution in [3.8, 4) is 11.5 Å². The number of fused-ring (bicyclic) bond motifs is 1. The van der Waals surface area contributed by atoms with Gasteiger partial charge in [-0.2, -0.15) is 0 Å². The monoisotopic (exact) mass is 416 g/mol. The summed E-state index contributed by atoms with van der Waals surface area (Å²) in [6.07, 6.45) is 1.47. The van der Waals surface area contributed by atoms with Gasteiger partial charge in [0.1, 0.15) is 0 Å². The highest BCUT2D eigenvalue weighted by molar-refractivity contribution is 7.89. The van der Waals surface area contributed by atoms with Crippen LogP contribution in [0.15, 0.2) is 23.1 Å². The van der Waals surface area contributed by atoms with Crippen LogP contribution in [0.5, 0.6) is 11.5 Å². The Labute approximate surface area is 165 Å². The summed E-state index contributed by atoms with van der Waals surface area (Å²) in [6.45, 7) is 3.07. The Balaban J connectivity index is 1.70. The van der Waals surface area contributed by atoms with E-state index in [0.717, 1.165) is 6.42 Å². The molecule has 0 aromatic heterocycles. The van der Waals surface area contributed by atoms with E-state index in [1.807, 2.05) is 0 Å². The van der Waals surface area contributed by atoms with Gasteiger partial charge in [-0.25, -0.2) is 13.1 Å². The summed E-state index contributed by atoms with van der Waals surface area (Å²) in [5.74, 6) is 0.714. The van der Waals surface area contributed by atoms with Crippen molar-refractivity contribution in [1.29, 1.82) is 0 Å². The van der Waals surface area contributed by atoms with E-state index < -0.39 is 10.0 Å². The highest BCUT2D eigenvalue weighted by Crippen LogP contribution is 2.31. The zero-order valence-electron chi connectivity index (χ0n) is 16.1. The summed E-state index contributed by atoms with van der Waals surface area (Å²) in [5.41, 5.74) is 0. The van der Waals surface area contributed by atoms with Gasteiger partial charge in [-0.1, -0.05) is 0 Å². The lowest BCUT2D eigenvalue weighted by Crippen LogP contribution is -2.31. The molecule has 1 heterocycles. The third-order valence-electron chi connectivity index (χ3n) is 3.89. The fourth-order valence-corrected chi connectivity index (χ4v) is 3.47. The molecule has 0 atom stereocenters. The van der Waals surface area contributed by atoms with Crippen LogP contribution < -0.4 is 19.5 Å². The maximum Gasteiger partial charge on any atom is 0.240 e. The lowest BCUT2D eigenvalue weighted by molar-refractivity contribution is -0.120. The molecule has 0 unspecified atom stereocenters. The van der Waals surface area contributed by atoms with Gasteiger partial charge in [0.25, 0.3) is 0 Å². The number of nitrogens with one attached hydrogen (secondary N) is 2. The van der Waals surface area contributed by atoms with Gasteiger partial charge in [-0.15, -0.1) is 0 Å². The first kappa shape index (κ1) is 22.4. The molecule has 1 aliphatic heterocycles. The molecule has 10 heteroatoms. The molecule has 0 saturated carbocycles. The Hall–Kier alpha value is -1.88. The van der Waals surface area contributed by atoms with Gasteiger partial charge in [0.05, 0.1) is 31.3 Å². The summed E-state index contributed by atoms with van der Waals surface area (Å²) in [6, 6.07) is 4.47. The molecule has 2 N–H and O–H groups in total. The molecule has 0 spiro atoms. The van der Waals surface area contributed by atoms with Gasteiger partial charge in [-0.3, -0.25) is 4.79 Å². The maximum absolute atomic E-state index is 12.4. The normalized spacial score (nSPS) is 13.8. The minimum Gasteiger partial charge on any atom is -0.490 e. The maximum atomic E-state index is 12.4. The second-order valence-electron chi connectivity index (χ2n) is 6.12. The van der Waals surface area contributed by atoms with Crippen LogP contribution >= 0.6 is 0 Å². The number of methoxy groups -OCH3 is 1. The predicted molar refractivity (Wildman–Crippen MR) is 102 cm³/mol. The minimum atomic E-state index is -3.74. The molecule has 1 amide bonds. The quantitative estimate of drug-likeness (QED) is 0.482. The largest absolute Gasteiger partial charge is 0.490 e. The molecule has 0 saturated heterocycles. The van der Waals surface area contributed by atoms with Crippen molar-refractivity contribution in [3.05, 3.63) is 18.2 Å². The average Bonchev–Trinajstić information content (AvgIpc) is 2.92. The van der Waals surface area contributed by atoms with E-state index in [9.17, 15) is 13.2 Å². The zero-order chi connectivity index (χ0) is 20.2. The van der Waals surface area contributed by atoms with Crippen molar-refractivity contribution in [2.45, 2.75) is 24.2 Å². The summed E-state index contributed by atoms with van der Waals surface area (Å²) in [5, 5.41) is 2.73. The van der Waals surface area contributed by atoms with Gasteiger partial charge in [0.15, 0.2) is 11.5 Å². The number of carbonyl (C=O) groups is 1. The highest BCUT2D eigenvalue weighted by Gasteiger charge is 2.18. The van der Waals surface area contributed by atoms with Gasteiger partial charge in [0, 0.05) is 45.7 Å². The Morgan fingerprint density at radius 2 is 1.89 bits per heavy atom. The lowest BCUT2D eigenvalue weighted by Gasteiger charge is -2.11. The molecule has 1 aromatic rings. The smallest absolute Gasteiger partial charge is 0.240 e. The van der Waals surface area contributed by atoms with Crippen LogP contribution in [0.1, 0.15) is 19.3 Å². The molecular weight excluding hydrogens is 388 g/mol. The van der Waals surface area contributed by atoms with Crippen molar-refractivity contribution in [2.24, 2.45) is 0 Å². The number of hydrogen-bond donors (Lipinski definition) is 2. The number of carbonyl (C=O) groups excluding carboxylic acids is 1. The van der Waals surface area contributed by atoms with Crippen LogP contribution in [0, 0.1) is 0 Å². The first-order valence-electron chi connectivity index (χ1n) is 9.25. The van der Waals surface area contributed by atoms with Crippen LogP contribution in [0.3, 0.4) is 0 Å². The Morgan fingerprint density at radius 3 is 2.68 bits per heavy atom. The number of sulfonamides is 1. The number of ether oxygens (including phenoxy) is 4. The van der Waals surface area contributed by atoms with Gasteiger partial charge < -0.3 is 24.3 Å². The first-order valence-corrected chi connectivity index (χ1v) is 10.7. The first-order chi connectivity index (χ1) is 13.5. The topological polar surface area (TPSA) is 112 Å². The van der Waals surface area contributed by atoms with E-state index in [4.69, 9.17) is 18.9 Å². The summed E-state index contributed by atoms with van der Waals surface area (Å²) in [7, 11) is -2.13. The van der Waals surface area contributed by atoms with Crippen LogP contribution in [-0.2, 0) is 24.3 Å². The molecule has 0 aliphatic carbocycles. The fourth-order valence-electron chi connectivity index (χ4n) is 2.43. The van der Waals surface area contributed by atoms with Crippen molar-refractivity contribution >= 4 is 15.9 Å². The second-order valence-corrected chi connectivity index (χ2v) is 7.88. The molecule has 1 aliphatic rings. The standard InChI is InChI=1S/C18H28N2O7S/c1-24-12-13-25-9-2-7-19-18(21)6-8-20-28(22,23)15-4-5-16-17(14-15)27-11-3-10-26-16/h4-5,14,20H,2-3,6-13H2,1H3,(H,19,21). The van der Waals surface area contributed by atoms with E-state index in [1.165, 1.54) is 12.1 Å². The van der Waals surface area contributed by atoms with Crippen molar-refractivity contribution in [2.75, 3.05) is 53.2 Å². The zero-order valence-corrected chi connectivity index (χ0v) is 16.9. The highest BCUT2D eigenvalue weighted by atomic mass is 32.2. The minimum absolute atomic E-state index is 0.00689. The van der Waals surface area contributed by atoms with Crippen molar-refractivity contribution in [1.82, 2.24) is 10.0 Å². The van der Waals surface area contributed by atoms with Crippen LogP contribution in [-0.4, -0.2) is 67.6 Å². The molecule has 0 fully saturated rings. The number of rotatable bonds is 12. The average molecular weight is 416 g/mol. The van der Waals surface area contributed by atoms with Crippen LogP contribution in [0.2, 0.25) is 0 Å². The molecule has 1 aromatic carbocycles. The Kier molecular flexibility index (Phi) is 9.48. The van der Waals surface area contributed by atoms with Gasteiger partial charge in [-0.05, 0) is 18.6 Å². The Bertz CT molecular complexity index is 725. The molecular formula is C18H28N2O7S. The van der Waals surface area contributed by atoms with Crippen LogP contribution in [0.25, 0.3) is 0 Å². The van der Waals surface area contributed by atoms with E-state index in [1.54, 1.807) is 13.2 Å². The van der Waals surface area contributed by atoms with E-state index in [0.29, 0.717) is 57.5 Å². The third-order valence-corrected chi connectivity index (χ3v) is 5.35. The van der Waals surface area contributed by atoms with Crippen molar-refractivity contribution < 1.29 is 32.2 Å². The summed E-state index contributed by atoms with van der Waals surface area (Å²) >= 11 is 0. The van der Waals surface area contributed by atoms with Gasteiger partial charge in [0.2, 0.25) is 15.9 Å². The molecule has 9 nitrogen and oxygen atoms in total. The lowest BCUT2D eigenvalue weighted by atomic mass is 10.3. The molecule has 28 heavy (non-hydrogen) atoms. The molecule has 2 rings (SSSR count). The summed E-state index contributed by atoms with van der Waals surface area (Å²) < 4.78 is 48.4. The van der Waals surface area contributed by atoms with E-state index in [2.05, 4.69) is 10.0 Å². The SMILES string of the molecule is COCCOCCCNC(=O)CCNS(=O)(=O)c1ccc2c(c1)OCCCO2. The third kappa shape index (κ3) is 7.63. The number of hydrogen-bond acceptors (Lipinski definition) is 7. The molecule has 158 valence electrons. The van der Waals surface area contributed by atoms with E-state index >= 15 is 0 Å². The molecule has 0 radical (unpaired) electrons. The van der Waals surface area contributed by atoms with Gasteiger partial charge >= 0.3 is 0 Å². The van der Waals surface area contributed by atoms with Crippen LogP contribution in [0.4, 0.5) is 0 Å². The number of amides is 1.